The SMILES string of the molecule is C1CN2CCO[Si](O1)OCC2.C1COCCOCCOCCOCCOCCO1.C[Si](C)C.C[Si](C)C.[Ge].[K+]. The minimum absolute atomic E-state index is 0. The molecule has 0 unspecified atom stereocenters. The Morgan fingerprint density at radius 1 is 0.410 bits per heavy atom. The van der Waals surface area contributed by atoms with E-state index in [9.17, 15) is 0 Å². The van der Waals surface area contributed by atoms with Gasteiger partial charge in [0.2, 0.25) is 0 Å². The van der Waals surface area contributed by atoms with E-state index in [0.29, 0.717) is 79.3 Å². The van der Waals surface area contributed by atoms with Crippen LogP contribution in [0.5, 0.6) is 0 Å². The summed E-state index contributed by atoms with van der Waals surface area (Å²) in [6.07, 6.45) is 0. The summed E-state index contributed by atoms with van der Waals surface area (Å²) >= 11 is 0. The zero-order valence-electron chi connectivity index (χ0n) is 25.8. The van der Waals surface area contributed by atoms with Crippen LogP contribution in [0.2, 0.25) is 39.3 Å². The topological polar surface area (TPSA) is 86.3 Å². The van der Waals surface area contributed by atoms with Gasteiger partial charge in [0.25, 0.3) is 0 Å². The van der Waals surface area contributed by atoms with Gasteiger partial charge in [0.15, 0.2) is 0 Å². The predicted molar refractivity (Wildman–Crippen MR) is 157 cm³/mol. The zero-order chi connectivity index (χ0) is 27.4. The average Bonchev–Trinajstić information content (AvgIpc) is 2.77. The van der Waals surface area contributed by atoms with Crippen LogP contribution in [-0.2, 0) is 41.7 Å². The monoisotopic (exact) mass is 697 g/mol. The summed E-state index contributed by atoms with van der Waals surface area (Å²) in [5.41, 5.74) is 0. The third kappa shape index (κ3) is 40.4. The number of hydrogen-bond donors (Lipinski definition) is 0. The third-order valence-electron chi connectivity index (χ3n) is 4.11. The molecule has 4 fully saturated rings. The molecule has 225 valence electrons. The van der Waals surface area contributed by atoms with Crippen molar-refractivity contribution >= 4 is 44.7 Å². The number of hydrogen-bond acceptors (Lipinski definition) is 10. The van der Waals surface area contributed by atoms with Crippen molar-refractivity contribution in [3.8, 4) is 0 Å². The molecule has 4 heterocycles. The molecule has 7 radical (unpaired) electrons. The number of rotatable bonds is 0. The van der Waals surface area contributed by atoms with Crippen molar-refractivity contribution in [3.63, 3.8) is 0 Å². The summed E-state index contributed by atoms with van der Waals surface area (Å²) in [4.78, 5) is 2.30. The van der Waals surface area contributed by atoms with Crippen molar-refractivity contribution in [2.24, 2.45) is 0 Å². The van der Waals surface area contributed by atoms with Gasteiger partial charge in [-0.25, -0.2) is 0 Å². The van der Waals surface area contributed by atoms with Crippen molar-refractivity contribution in [1.82, 2.24) is 4.90 Å². The van der Waals surface area contributed by atoms with Crippen LogP contribution in [0.1, 0.15) is 0 Å². The number of nitrogens with zero attached hydrogens (tertiary/aromatic N) is 1. The summed E-state index contributed by atoms with van der Waals surface area (Å²) < 4.78 is 48.1. The van der Waals surface area contributed by atoms with Gasteiger partial charge in [-0.1, -0.05) is 39.3 Å². The maximum Gasteiger partial charge on any atom is 1.00 e. The summed E-state index contributed by atoms with van der Waals surface area (Å²) in [5, 5.41) is 0. The van der Waals surface area contributed by atoms with Crippen molar-refractivity contribution in [3.05, 3.63) is 0 Å². The Bertz CT molecular complexity index is 349. The first kappa shape index (κ1) is 45.9. The fraction of sp³-hybridized carbons (Fsp3) is 1.00. The van der Waals surface area contributed by atoms with E-state index in [1.54, 1.807) is 0 Å². The summed E-state index contributed by atoms with van der Waals surface area (Å²) in [6.45, 7) is 26.0. The van der Waals surface area contributed by atoms with Crippen molar-refractivity contribution < 1.29 is 93.1 Å². The Labute approximate surface area is 297 Å². The summed E-state index contributed by atoms with van der Waals surface area (Å²) in [5.74, 6) is 0. The maximum atomic E-state index is 5.37. The standard InChI is InChI=1S/C12H24O6.C6H12NO3Si.2C3H9Si.Ge.K/c1-2-14-5-6-16-9-10-18-12-11-17-8-7-15-4-3-13-1;1-4-8-11-9-5-2-7(1)3-6-10-11;2*1-4(2)3;;/h1-12H2;1-6H2;2*1-3H3;;/q;;;;;+1. The van der Waals surface area contributed by atoms with Crippen LogP contribution in [0.3, 0.4) is 0 Å². The molecule has 0 aliphatic carbocycles. The van der Waals surface area contributed by atoms with Crippen LogP contribution in [0.4, 0.5) is 0 Å². The van der Waals surface area contributed by atoms with E-state index in [1.807, 2.05) is 0 Å². The van der Waals surface area contributed by atoms with E-state index in [0.717, 1.165) is 39.5 Å². The zero-order valence-corrected chi connectivity index (χ0v) is 34.1. The van der Waals surface area contributed by atoms with E-state index in [1.165, 1.54) is 0 Å². The van der Waals surface area contributed by atoms with Gasteiger partial charge >= 0.3 is 60.9 Å². The quantitative estimate of drug-likeness (QED) is 0.289. The molecule has 0 saturated carbocycles. The minimum Gasteiger partial charge on any atom is -0.377 e. The van der Waals surface area contributed by atoms with E-state index in [2.05, 4.69) is 44.2 Å². The molecular weight excluding hydrogens is 642 g/mol. The van der Waals surface area contributed by atoms with Gasteiger partial charge in [0.1, 0.15) is 0 Å². The Hall–Kier alpha value is 2.43. The van der Waals surface area contributed by atoms with Gasteiger partial charge in [-0.2, -0.15) is 0 Å². The van der Waals surface area contributed by atoms with Crippen LogP contribution < -0.4 is 51.4 Å². The van der Waals surface area contributed by atoms with Crippen LogP contribution in [0.15, 0.2) is 0 Å². The molecular formula is C24H54GeKNO9Si3+. The molecule has 4 rings (SSSR count). The van der Waals surface area contributed by atoms with E-state index in [4.69, 9.17) is 41.7 Å². The van der Waals surface area contributed by atoms with Gasteiger partial charge in [0, 0.05) is 54.8 Å². The first-order valence-electron chi connectivity index (χ1n) is 13.4. The van der Waals surface area contributed by atoms with Crippen LogP contribution >= 0.6 is 0 Å². The van der Waals surface area contributed by atoms with Gasteiger partial charge in [-0.15, -0.1) is 0 Å². The smallest absolute Gasteiger partial charge is 0.377 e. The second-order valence-corrected chi connectivity index (χ2v) is 16.7. The Balaban J connectivity index is -0.000000525. The molecule has 0 N–H and O–H groups in total. The first-order valence-corrected chi connectivity index (χ1v) is 20.6. The molecule has 15 heteroatoms. The summed E-state index contributed by atoms with van der Waals surface area (Å²) in [7, 11) is -1.11. The van der Waals surface area contributed by atoms with Crippen molar-refractivity contribution in [2.75, 3.05) is 119 Å². The van der Waals surface area contributed by atoms with Crippen LogP contribution in [0.25, 0.3) is 0 Å². The second-order valence-electron chi connectivity index (χ2n) is 9.31. The molecule has 4 saturated heterocycles. The molecule has 0 aromatic rings. The Morgan fingerprint density at radius 3 is 0.769 bits per heavy atom. The molecule has 4 aliphatic rings. The molecule has 0 amide bonds. The minimum atomic E-state index is -1.35. The third-order valence-corrected chi connectivity index (χ3v) is 5.43. The molecule has 10 nitrogen and oxygen atoms in total. The van der Waals surface area contributed by atoms with Crippen molar-refractivity contribution in [2.45, 2.75) is 39.3 Å². The number of fused-ring (bicyclic) bond motifs is 6. The average molecular weight is 697 g/mol. The van der Waals surface area contributed by atoms with E-state index >= 15 is 0 Å². The van der Waals surface area contributed by atoms with E-state index < -0.39 is 9.53 Å². The van der Waals surface area contributed by atoms with Gasteiger partial charge in [0.05, 0.1) is 99.1 Å². The largest absolute Gasteiger partial charge is 1.00 e. The molecule has 2 bridgehead atoms. The normalized spacial score (nSPS) is 21.2. The first-order chi connectivity index (χ1) is 17.9. The van der Waals surface area contributed by atoms with Gasteiger partial charge < -0.3 is 41.7 Å². The molecule has 0 aromatic carbocycles. The number of ether oxygens (including phenoxy) is 6. The van der Waals surface area contributed by atoms with Crippen molar-refractivity contribution in [1.29, 1.82) is 0 Å². The fourth-order valence-electron chi connectivity index (χ4n) is 2.55. The summed E-state index contributed by atoms with van der Waals surface area (Å²) in [6, 6.07) is 0. The molecule has 4 aliphatic heterocycles. The molecule has 0 aromatic heterocycles. The fourth-order valence-corrected chi connectivity index (χ4v) is 3.58. The van der Waals surface area contributed by atoms with E-state index in [-0.39, 0.29) is 86.6 Å². The maximum absolute atomic E-state index is 5.37. The van der Waals surface area contributed by atoms with Gasteiger partial charge in [-0.05, 0) is 0 Å². The predicted octanol–water partition coefficient (Wildman–Crippen LogP) is -1.19. The molecule has 0 atom stereocenters. The van der Waals surface area contributed by atoms with Gasteiger partial charge in [-0.3, -0.25) is 4.90 Å². The Kier molecular flexibility index (Phi) is 43.1. The molecule has 39 heavy (non-hydrogen) atoms. The Morgan fingerprint density at radius 2 is 0.590 bits per heavy atom. The molecule has 0 spiro atoms. The van der Waals surface area contributed by atoms with Crippen LogP contribution in [0, 0.1) is 0 Å². The van der Waals surface area contributed by atoms with Crippen LogP contribution in [-0.4, -0.2) is 168 Å². The second kappa shape index (κ2) is 36.6.